The molecular weight excluding hydrogens is 216 g/mol. The molecule has 0 spiro atoms. The third-order valence-electron chi connectivity index (χ3n) is 4.07. The first-order chi connectivity index (χ1) is 8.31. The fraction of sp³-hybridized carbons (Fsp3) is 0.923. The van der Waals surface area contributed by atoms with Crippen LogP contribution in [0.5, 0.6) is 0 Å². The molecule has 17 heavy (non-hydrogen) atoms. The minimum Gasteiger partial charge on any atom is -0.396 e. The highest BCUT2D eigenvalue weighted by molar-refractivity contribution is 5.82. The number of nitrogens with one attached hydrogen (secondary N) is 1. The van der Waals surface area contributed by atoms with Crippen LogP contribution in [0.1, 0.15) is 38.5 Å². The molecule has 0 aromatic carbocycles. The summed E-state index contributed by atoms with van der Waals surface area (Å²) in [5.74, 6) is 0.913. The molecule has 0 saturated carbocycles. The first-order valence-electron chi connectivity index (χ1n) is 6.94. The van der Waals surface area contributed by atoms with Gasteiger partial charge in [0.05, 0.1) is 6.04 Å². The van der Waals surface area contributed by atoms with Gasteiger partial charge in [0.25, 0.3) is 0 Å². The molecule has 2 rings (SSSR count). The van der Waals surface area contributed by atoms with E-state index in [0.29, 0.717) is 11.8 Å². The van der Waals surface area contributed by atoms with Crippen molar-refractivity contribution in [3.63, 3.8) is 0 Å². The van der Waals surface area contributed by atoms with Crippen molar-refractivity contribution >= 4 is 5.91 Å². The zero-order chi connectivity index (χ0) is 12.1. The molecule has 4 heteroatoms. The number of hydrogen-bond acceptors (Lipinski definition) is 3. The van der Waals surface area contributed by atoms with Crippen molar-refractivity contribution in [2.75, 3.05) is 26.2 Å². The zero-order valence-corrected chi connectivity index (χ0v) is 10.5. The summed E-state index contributed by atoms with van der Waals surface area (Å²) in [4.78, 5) is 14.2. The summed E-state index contributed by atoms with van der Waals surface area (Å²) < 4.78 is 0. The number of aliphatic hydroxyl groups is 1. The first kappa shape index (κ1) is 12.8. The van der Waals surface area contributed by atoms with Gasteiger partial charge in [0, 0.05) is 19.7 Å². The van der Waals surface area contributed by atoms with Crippen LogP contribution in [-0.2, 0) is 4.79 Å². The summed E-state index contributed by atoms with van der Waals surface area (Å²) in [6.07, 6.45) is 6.36. The lowest BCUT2D eigenvalue weighted by atomic mass is 9.93. The van der Waals surface area contributed by atoms with Crippen molar-refractivity contribution in [3.05, 3.63) is 0 Å². The summed E-state index contributed by atoms with van der Waals surface area (Å²) >= 11 is 0. The fourth-order valence-electron chi connectivity index (χ4n) is 2.91. The van der Waals surface area contributed by atoms with Gasteiger partial charge in [-0.3, -0.25) is 4.79 Å². The molecule has 0 bridgehead atoms. The van der Waals surface area contributed by atoms with Crippen LogP contribution in [0.3, 0.4) is 0 Å². The van der Waals surface area contributed by atoms with Crippen LogP contribution in [0.2, 0.25) is 0 Å². The smallest absolute Gasteiger partial charge is 0.239 e. The van der Waals surface area contributed by atoms with Gasteiger partial charge in [0.2, 0.25) is 5.91 Å². The molecule has 98 valence electrons. The second kappa shape index (κ2) is 6.36. The monoisotopic (exact) mass is 240 g/mol. The first-order valence-corrected chi connectivity index (χ1v) is 6.94. The van der Waals surface area contributed by atoms with E-state index in [9.17, 15) is 4.79 Å². The van der Waals surface area contributed by atoms with Crippen molar-refractivity contribution in [3.8, 4) is 0 Å². The molecule has 1 amide bonds. The van der Waals surface area contributed by atoms with E-state index < -0.39 is 0 Å². The lowest BCUT2D eigenvalue weighted by molar-refractivity contribution is -0.135. The van der Waals surface area contributed by atoms with Gasteiger partial charge in [-0.15, -0.1) is 0 Å². The van der Waals surface area contributed by atoms with E-state index in [2.05, 4.69) is 5.32 Å². The molecule has 2 aliphatic rings. The summed E-state index contributed by atoms with van der Waals surface area (Å²) in [6, 6.07) is 0.0677. The molecule has 2 heterocycles. The lowest BCUT2D eigenvalue weighted by Gasteiger charge is -2.35. The minimum absolute atomic E-state index is 0.0677. The molecular formula is C13H24N2O2. The van der Waals surface area contributed by atoms with Gasteiger partial charge in [-0.05, 0) is 44.6 Å². The maximum atomic E-state index is 12.2. The summed E-state index contributed by atoms with van der Waals surface area (Å²) in [5.41, 5.74) is 0. The number of carbonyl (C=O) groups is 1. The van der Waals surface area contributed by atoms with E-state index in [0.717, 1.165) is 45.3 Å². The highest BCUT2D eigenvalue weighted by Crippen LogP contribution is 2.21. The van der Waals surface area contributed by atoms with Crippen LogP contribution >= 0.6 is 0 Å². The quantitative estimate of drug-likeness (QED) is 0.765. The van der Waals surface area contributed by atoms with Crippen LogP contribution < -0.4 is 5.32 Å². The third kappa shape index (κ3) is 3.42. The molecule has 0 radical (unpaired) electrons. The number of likely N-dealkylation sites (tertiary alicyclic amines) is 1. The maximum Gasteiger partial charge on any atom is 0.239 e. The van der Waals surface area contributed by atoms with Gasteiger partial charge in [-0.2, -0.15) is 0 Å². The van der Waals surface area contributed by atoms with Crippen LogP contribution in [-0.4, -0.2) is 48.2 Å². The van der Waals surface area contributed by atoms with E-state index in [1.807, 2.05) is 4.90 Å². The Labute approximate surface area is 103 Å². The van der Waals surface area contributed by atoms with E-state index in [-0.39, 0.29) is 12.6 Å². The molecule has 0 aromatic rings. The van der Waals surface area contributed by atoms with Crippen molar-refractivity contribution in [2.45, 2.75) is 44.6 Å². The molecule has 2 fully saturated rings. The molecule has 1 atom stereocenters. The average molecular weight is 240 g/mol. The van der Waals surface area contributed by atoms with Gasteiger partial charge in [0.1, 0.15) is 0 Å². The average Bonchev–Trinajstić information content (AvgIpc) is 2.40. The molecule has 0 unspecified atom stereocenters. The number of piperidine rings is 2. The molecule has 2 aliphatic heterocycles. The zero-order valence-electron chi connectivity index (χ0n) is 10.5. The van der Waals surface area contributed by atoms with Gasteiger partial charge >= 0.3 is 0 Å². The predicted molar refractivity (Wildman–Crippen MR) is 66.6 cm³/mol. The van der Waals surface area contributed by atoms with E-state index in [1.54, 1.807) is 0 Å². The molecule has 0 aromatic heterocycles. The number of nitrogens with zero attached hydrogens (tertiary/aromatic N) is 1. The molecule has 4 nitrogen and oxygen atoms in total. The highest BCUT2D eigenvalue weighted by Gasteiger charge is 2.28. The van der Waals surface area contributed by atoms with E-state index in [4.69, 9.17) is 5.11 Å². The van der Waals surface area contributed by atoms with Crippen LogP contribution in [0.25, 0.3) is 0 Å². The molecule has 2 N–H and O–H groups in total. The number of hydrogen-bond donors (Lipinski definition) is 2. The van der Waals surface area contributed by atoms with Crippen molar-refractivity contribution in [2.24, 2.45) is 5.92 Å². The summed E-state index contributed by atoms with van der Waals surface area (Å²) in [5, 5.41) is 12.2. The molecule has 2 saturated heterocycles. The van der Waals surface area contributed by atoms with Crippen LogP contribution in [0, 0.1) is 5.92 Å². The standard InChI is InChI=1S/C13H24N2O2/c16-10-6-11-4-8-15(9-5-11)13(17)12-3-1-2-7-14-12/h11-12,14,16H,1-10H2/t12-/m1/s1. The van der Waals surface area contributed by atoms with Crippen molar-refractivity contribution in [1.82, 2.24) is 10.2 Å². The SMILES string of the molecule is O=C([C@H]1CCCCN1)N1CCC(CCO)CC1. The van der Waals surface area contributed by atoms with Gasteiger partial charge < -0.3 is 15.3 Å². The Balaban J connectivity index is 1.77. The Morgan fingerprint density at radius 2 is 2.00 bits per heavy atom. The fourth-order valence-corrected chi connectivity index (χ4v) is 2.91. The second-order valence-electron chi connectivity index (χ2n) is 5.28. The van der Waals surface area contributed by atoms with Gasteiger partial charge in [-0.25, -0.2) is 0 Å². The number of rotatable bonds is 3. The highest BCUT2D eigenvalue weighted by atomic mass is 16.3. The number of amides is 1. The van der Waals surface area contributed by atoms with Gasteiger partial charge in [-0.1, -0.05) is 6.42 Å². The maximum absolute atomic E-state index is 12.2. The Morgan fingerprint density at radius 1 is 1.24 bits per heavy atom. The van der Waals surface area contributed by atoms with Crippen molar-refractivity contribution in [1.29, 1.82) is 0 Å². The van der Waals surface area contributed by atoms with Crippen LogP contribution in [0.4, 0.5) is 0 Å². The van der Waals surface area contributed by atoms with Crippen LogP contribution in [0.15, 0.2) is 0 Å². The van der Waals surface area contributed by atoms with E-state index >= 15 is 0 Å². The Bertz CT molecular complexity index is 244. The van der Waals surface area contributed by atoms with Gasteiger partial charge in [0.15, 0.2) is 0 Å². The topological polar surface area (TPSA) is 52.6 Å². The normalized spacial score (nSPS) is 27.1. The summed E-state index contributed by atoms with van der Waals surface area (Å²) in [6.45, 7) is 3.02. The number of aliphatic hydroxyl groups excluding tert-OH is 1. The second-order valence-corrected chi connectivity index (χ2v) is 5.28. The van der Waals surface area contributed by atoms with E-state index in [1.165, 1.54) is 12.8 Å². The predicted octanol–water partition coefficient (Wildman–Crippen LogP) is 0.749. The number of carbonyl (C=O) groups excluding carboxylic acids is 1. The third-order valence-corrected chi connectivity index (χ3v) is 4.07. The Hall–Kier alpha value is -0.610. The van der Waals surface area contributed by atoms with Crippen molar-refractivity contribution < 1.29 is 9.90 Å². The minimum atomic E-state index is 0.0677. The Morgan fingerprint density at radius 3 is 2.59 bits per heavy atom. The summed E-state index contributed by atoms with van der Waals surface area (Å²) in [7, 11) is 0. The molecule has 0 aliphatic carbocycles. The largest absolute Gasteiger partial charge is 0.396 e. The Kier molecular flexibility index (Phi) is 4.80. The lowest BCUT2D eigenvalue weighted by Crippen LogP contribution is -2.50.